The third-order valence-corrected chi connectivity index (χ3v) is 5.45. The van der Waals surface area contributed by atoms with Crippen molar-refractivity contribution >= 4 is 10.0 Å². The van der Waals surface area contributed by atoms with E-state index in [1.165, 1.54) is 0 Å². The van der Waals surface area contributed by atoms with Crippen LogP contribution in [0, 0.1) is 12.8 Å². The van der Waals surface area contributed by atoms with Crippen molar-refractivity contribution in [3.63, 3.8) is 0 Å². The minimum absolute atomic E-state index is 0.0289. The van der Waals surface area contributed by atoms with E-state index in [0.717, 1.165) is 24.0 Å². The van der Waals surface area contributed by atoms with Crippen LogP contribution in [0.5, 0.6) is 0 Å². The Balaban J connectivity index is 1.77. The highest BCUT2D eigenvalue weighted by Gasteiger charge is 2.22. The number of hydrogen-bond donors (Lipinski definition) is 1. The largest absolute Gasteiger partial charge is 0.298 e. The number of nitrogens with one attached hydrogen (secondary N) is 1. The molecule has 0 unspecified atom stereocenters. The SMILES string of the molecule is Cc1cccc(CS(=O)(=O)NCC2CCN(CC(F)F)CC2)c1. The summed E-state index contributed by atoms with van der Waals surface area (Å²) in [6, 6.07) is 7.44. The van der Waals surface area contributed by atoms with Crippen LogP contribution in [-0.2, 0) is 15.8 Å². The molecule has 130 valence electrons. The summed E-state index contributed by atoms with van der Waals surface area (Å²) >= 11 is 0. The molecule has 0 saturated carbocycles. The fraction of sp³-hybridized carbons (Fsp3) is 0.625. The summed E-state index contributed by atoms with van der Waals surface area (Å²) in [5.74, 6) is 0.190. The van der Waals surface area contributed by atoms with E-state index in [-0.39, 0.29) is 18.2 Å². The molecule has 0 aromatic heterocycles. The van der Waals surface area contributed by atoms with Crippen molar-refractivity contribution in [1.82, 2.24) is 9.62 Å². The Hall–Kier alpha value is -1.05. The number of sulfonamides is 1. The van der Waals surface area contributed by atoms with Gasteiger partial charge >= 0.3 is 0 Å². The van der Waals surface area contributed by atoms with Crippen LogP contribution < -0.4 is 4.72 Å². The van der Waals surface area contributed by atoms with Gasteiger partial charge in [0.2, 0.25) is 10.0 Å². The Morgan fingerprint density at radius 2 is 2.00 bits per heavy atom. The first-order valence-electron chi connectivity index (χ1n) is 7.87. The van der Waals surface area contributed by atoms with Crippen molar-refractivity contribution < 1.29 is 17.2 Å². The highest BCUT2D eigenvalue weighted by molar-refractivity contribution is 7.88. The summed E-state index contributed by atoms with van der Waals surface area (Å²) < 4.78 is 51.6. The fourth-order valence-electron chi connectivity index (χ4n) is 2.89. The zero-order chi connectivity index (χ0) is 16.9. The van der Waals surface area contributed by atoms with E-state index in [0.29, 0.717) is 19.6 Å². The van der Waals surface area contributed by atoms with E-state index in [1.807, 2.05) is 25.1 Å². The summed E-state index contributed by atoms with van der Waals surface area (Å²) in [6.45, 7) is 3.34. The maximum atomic E-state index is 12.3. The van der Waals surface area contributed by atoms with Crippen LogP contribution in [0.4, 0.5) is 8.78 Å². The lowest BCUT2D eigenvalue weighted by atomic mass is 9.97. The van der Waals surface area contributed by atoms with Crippen molar-refractivity contribution in [1.29, 1.82) is 0 Å². The summed E-state index contributed by atoms with van der Waals surface area (Å²) in [5.41, 5.74) is 1.80. The Morgan fingerprint density at radius 3 is 2.61 bits per heavy atom. The Morgan fingerprint density at radius 1 is 1.30 bits per heavy atom. The number of benzene rings is 1. The van der Waals surface area contributed by atoms with Gasteiger partial charge in [0, 0.05) is 6.54 Å². The van der Waals surface area contributed by atoms with Gasteiger partial charge in [0.25, 0.3) is 6.43 Å². The lowest BCUT2D eigenvalue weighted by Gasteiger charge is -2.31. The second kappa shape index (κ2) is 8.17. The smallest absolute Gasteiger partial charge is 0.251 e. The van der Waals surface area contributed by atoms with Crippen molar-refractivity contribution in [2.45, 2.75) is 31.9 Å². The molecule has 1 aromatic carbocycles. The summed E-state index contributed by atoms with van der Waals surface area (Å²) in [5, 5.41) is 0. The predicted molar refractivity (Wildman–Crippen MR) is 87.0 cm³/mol. The Bertz CT molecular complexity index is 600. The molecule has 0 bridgehead atoms. The lowest BCUT2D eigenvalue weighted by molar-refractivity contribution is 0.0696. The first kappa shape index (κ1) is 18.3. The van der Waals surface area contributed by atoms with E-state index < -0.39 is 16.4 Å². The van der Waals surface area contributed by atoms with E-state index in [9.17, 15) is 17.2 Å². The molecular formula is C16H24F2N2O2S. The third kappa shape index (κ3) is 6.53. The maximum Gasteiger partial charge on any atom is 0.251 e. The van der Waals surface area contributed by atoms with Crippen molar-refractivity contribution in [3.8, 4) is 0 Å². The quantitative estimate of drug-likeness (QED) is 0.825. The van der Waals surface area contributed by atoms with E-state index in [1.54, 1.807) is 11.0 Å². The lowest BCUT2D eigenvalue weighted by Crippen LogP contribution is -2.40. The van der Waals surface area contributed by atoms with Gasteiger partial charge in [-0.3, -0.25) is 4.90 Å². The normalized spacial score (nSPS) is 17.7. The maximum absolute atomic E-state index is 12.3. The number of aryl methyl sites for hydroxylation is 1. The first-order valence-corrected chi connectivity index (χ1v) is 9.52. The zero-order valence-corrected chi connectivity index (χ0v) is 14.2. The summed E-state index contributed by atoms with van der Waals surface area (Å²) in [6.07, 6.45) is -0.807. The van der Waals surface area contributed by atoms with Gasteiger partial charge in [-0.1, -0.05) is 29.8 Å². The van der Waals surface area contributed by atoms with Gasteiger partial charge in [0.15, 0.2) is 0 Å². The standard InChI is InChI=1S/C16H24F2N2O2S/c1-13-3-2-4-15(9-13)12-23(21,22)19-10-14-5-7-20(8-6-14)11-16(17)18/h2-4,9,14,16,19H,5-8,10-12H2,1H3. The Labute approximate surface area is 136 Å². The minimum atomic E-state index is -3.37. The number of halogens is 2. The molecule has 7 heteroatoms. The van der Waals surface area contributed by atoms with Gasteiger partial charge in [0.05, 0.1) is 12.3 Å². The van der Waals surface area contributed by atoms with E-state index in [4.69, 9.17) is 0 Å². The molecule has 0 amide bonds. The second-order valence-electron chi connectivity index (χ2n) is 6.23. The molecule has 1 aliphatic rings. The predicted octanol–water partition coefficient (Wildman–Crippen LogP) is 2.39. The molecular weight excluding hydrogens is 322 g/mol. The van der Waals surface area contributed by atoms with Crippen molar-refractivity contribution in [3.05, 3.63) is 35.4 Å². The second-order valence-corrected chi connectivity index (χ2v) is 8.04. The molecule has 1 aliphatic heterocycles. The first-order chi connectivity index (χ1) is 10.8. The summed E-state index contributed by atoms with van der Waals surface area (Å²) in [7, 11) is -3.37. The van der Waals surface area contributed by atoms with Crippen LogP contribution in [0.3, 0.4) is 0 Å². The Kier molecular flexibility index (Phi) is 6.50. The van der Waals surface area contributed by atoms with Crippen molar-refractivity contribution in [2.24, 2.45) is 5.92 Å². The van der Waals surface area contributed by atoms with Crippen LogP contribution in [0.1, 0.15) is 24.0 Å². The molecule has 1 N–H and O–H groups in total. The molecule has 1 aromatic rings. The molecule has 1 saturated heterocycles. The number of likely N-dealkylation sites (tertiary alicyclic amines) is 1. The molecule has 4 nitrogen and oxygen atoms in total. The highest BCUT2D eigenvalue weighted by atomic mass is 32.2. The van der Waals surface area contributed by atoms with Gasteiger partial charge in [-0.25, -0.2) is 21.9 Å². The van der Waals surface area contributed by atoms with Gasteiger partial charge in [-0.2, -0.15) is 0 Å². The van der Waals surface area contributed by atoms with Gasteiger partial charge in [0.1, 0.15) is 0 Å². The minimum Gasteiger partial charge on any atom is -0.298 e. The molecule has 0 spiro atoms. The molecule has 0 atom stereocenters. The average Bonchev–Trinajstić information content (AvgIpc) is 2.45. The fourth-order valence-corrected chi connectivity index (χ4v) is 4.10. The number of hydrogen-bond acceptors (Lipinski definition) is 3. The van der Waals surface area contributed by atoms with Crippen LogP contribution in [-0.4, -0.2) is 45.9 Å². The van der Waals surface area contributed by atoms with Crippen LogP contribution in [0.15, 0.2) is 24.3 Å². The number of piperidine rings is 1. The molecule has 1 heterocycles. The van der Waals surface area contributed by atoms with Gasteiger partial charge in [-0.05, 0) is 44.3 Å². The zero-order valence-electron chi connectivity index (χ0n) is 13.3. The number of nitrogens with zero attached hydrogens (tertiary/aromatic N) is 1. The average molecular weight is 346 g/mol. The molecule has 23 heavy (non-hydrogen) atoms. The van der Waals surface area contributed by atoms with Crippen molar-refractivity contribution in [2.75, 3.05) is 26.2 Å². The molecule has 0 aliphatic carbocycles. The van der Waals surface area contributed by atoms with Crippen LogP contribution >= 0.6 is 0 Å². The van der Waals surface area contributed by atoms with Crippen LogP contribution in [0.25, 0.3) is 0 Å². The number of rotatable bonds is 7. The topological polar surface area (TPSA) is 49.4 Å². The van der Waals surface area contributed by atoms with Crippen LogP contribution in [0.2, 0.25) is 0 Å². The van der Waals surface area contributed by atoms with E-state index in [2.05, 4.69) is 4.72 Å². The van der Waals surface area contributed by atoms with Gasteiger partial charge < -0.3 is 0 Å². The monoisotopic (exact) mass is 346 g/mol. The van der Waals surface area contributed by atoms with Gasteiger partial charge in [-0.15, -0.1) is 0 Å². The van der Waals surface area contributed by atoms with E-state index >= 15 is 0 Å². The molecule has 2 rings (SSSR count). The number of alkyl halides is 2. The highest BCUT2D eigenvalue weighted by Crippen LogP contribution is 2.18. The molecule has 1 fully saturated rings. The molecule has 0 radical (unpaired) electrons. The third-order valence-electron chi connectivity index (χ3n) is 4.13. The summed E-state index contributed by atoms with van der Waals surface area (Å²) in [4.78, 5) is 1.74.